The molecule has 4 aromatic rings. The summed E-state index contributed by atoms with van der Waals surface area (Å²) in [6.07, 6.45) is 7.48. The fourth-order valence-electron chi connectivity index (χ4n) is 5.85. The van der Waals surface area contributed by atoms with E-state index in [0.717, 1.165) is 42.2 Å². The van der Waals surface area contributed by atoms with E-state index in [1.165, 1.54) is 6.92 Å². The molecule has 0 aliphatic heterocycles. The Labute approximate surface area is 352 Å². The van der Waals surface area contributed by atoms with Crippen molar-refractivity contribution in [1.29, 1.82) is 0 Å². The molecule has 324 valence electrons. The Bertz CT molecular complexity index is 1800. The van der Waals surface area contributed by atoms with Crippen molar-refractivity contribution in [2.24, 2.45) is 0 Å². The quantitative estimate of drug-likeness (QED) is 0.0236. The first kappa shape index (κ1) is 50.4. The number of pyridine rings is 1. The zero-order chi connectivity index (χ0) is 42.2. The summed E-state index contributed by atoms with van der Waals surface area (Å²) in [5.74, 6) is -0.904. The van der Waals surface area contributed by atoms with E-state index >= 15 is 0 Å². The van der Waals surface area contributed by atoms with E-state index in [9.17, 15) is 19.5 Å². The van der Waals surface area contributed by atoms with Crippen LogP contribution in [0.3, 0.4) is 0 Å². The number of hydrogen-bond donors (Lipinski definition) is 6. The van der Waals surface area contributed by atoms with Gasteiger partial charge in [-0.1, -0.05) is 89.6 Å². The summed E-state index contributed by atoms with van der Waals surface area (Å²) in [5.41, 5.74) is 10.4. The van der Waals surface area contributed by atoms with Crippen molar-refractivity contribution in [3.05, 3.63) is 125 Å². The van der Waals surface area contributed by atoms with Gasteiger partial charge in [-0.15, -0.1) is 0 Å². The van der Waals surface area contributed by atoms with Crippen LogP contribution in [0.2, 0.25) is 0 Å². The van der Waals surface area contributed by atoms with Gasteiger partial charge in [0.25, 0.3) is 11.8 Å². The number of aromatic nitrogens is 1. The second-order valence-corrected chi connectivity index (χ2v) is 13.5. The number of rotatable bonds is 19. The van der Waals surface area contributed by atoms with Gasteiger partial charge in [-0.05, 0) is 93.6 Å². The predicted molar refractivity (Wildman–Crippen MR) is 245 cm³/mol. The number of aliphatic hydroxyl groups excluding tert-OH is 1. The second-order valence-electron chi connectivity index (χ2n) is 13.5. The molecular weight excluding hydrogens is 731 g/mol. The predicted octanol–water partition coefficient (Wildman–Crippen LogP) is 8.15. The lowest BCUT2D eigenvalue weighted by Gasteiger charge is -2.25. The number of hydrogen-bond acceptors (Lipinski definition) is 9. The first-order valence-corrected chi connectivity index (χ1v) is 19.8. The Kier molecular flexibility index (Phi) is 24.3. The maximum Gasteiger partial charge on any atom is 0.251 e. The molecule has 12 heteroatoms. The van der Waals surface area contributed by atoms with Crippen LogP contribution in [0.1, 0.15) is 130 Å². The topological polar surface area (TPSA) is 179 Å². The van der Waals surface area contributed by atoms with Crippen molar-refractivity contribution >= 4 is 35.4 Å². The van der Waals surface area contributed by atoms with Gasteiger partial charge in [-0.25, -0.2) is 0 Å². The third-order valence-corrected chi connectivity index (χ3v) is 9.06. The molecule has 0 fully saturated rings. The van der Waals surface area contributed by atoms with Crippen LogP contribution in [0.25, 0.3) is 0 Å². The van der Waals surface area contributed by atoms with Crippen molar-refractivity contribution in [1.82, 2.24) is 26.3 Å². The van der Waals surface area contributed by atoms with E-state index in [1.54, 1.807) is 54.5 Å². The minimum atomic E-state index is -0.548. The van der Waals surface area contributed by atoms with E-state index in [1.807, 2.05) is 82.3 Å². The molecule has 1 heterocycles. The average Bonchev–Trinajstić information content (AvgIpc) is 3.23. The largest absolute Gasteiger partial charge is 0.399 e. The van der Waals surface area contributed by atoms with Crippen LogP contribution in [0.15, 0.2) is 97.3 Å². The zero-order valence-electron chi connectivity index (χ0n) is 34.6. The number of nitrogens with zero attached hydrogens (tertiary/aromatic N) is 2. The number of benzene rings is 3. The molecular formula is C46H75N7O5. The normalized spacial score (nSPS) is 12.3. The molecule has 1 unspecified atom stereocenters. The summed E-state index contributed by atoms with van der Waals surface area (Å²) >= 11 is 0. The number of nitrogens with two attached hydrogens (primary N) is 1. The van der Waals surface area contributed by atoms with Crippen LogP contribution >= 0.6 is 0 Å². The van der Waals surface area contributed by atoms with E-state index in [0.29, 0.717) is 36.4 Å². The Morgan fingerprint density at radius 2 is 1.45 bits per heavy atom. The number of amides is 3. The van der Waals surface area contributed by atoms with Gasteiger partial charge in [0.1, 0.15) is 13.0 Å². The van der Waals surface area contributed by atoms with Gasteiger partial charge >= 0.3 is 0 Å². The van der Waals surface area contributed by atoms with E-state index in [4.69, 9.17) is 10.5 Å². The van der Waals surface area contributed by atoms with Gasteiger partial charge < -0.3 is 41.8 Å². The first-order chi connectivity index (χ1) is 27.5. The average molecular weight is 806 g/mol. The van der Waals surface area contributed by atoms with Crippen molar-refractivity contribution in [2.75, 3.05) is 30.5 Å². The van der Waals surface area contributed by atoms with Gasteiger partial charge in [0.05, 0.1) is 18.1 Å². The Morgan fingerprint density at radius 3 is 2.02 bits per heavy atom. The van der Waals surface area contributed by atoms with Crippen LogP contribution in [-0.2, 0) is 16.0 Å². The molecule has 0 spiro atoms. The number of nitrogen functional groups attached to an aromatic ring is 1. The molecule has 0 saturated carbocycles. The third kappa shape index (κ3) is 17.3. The fourth-order valence-corrected chi connectivity index (χ4v) is 5.85. The van der Waals surface area contributed by atoms with Gasteiger partial charge in [-0.2, -0.15) is 0 Å². The molecule has 0 aliphatic rings. The van der Waals surface area contributed by atoms with E-state index in [2.05, 4.69) is 33.2 Å². The van der Waals surface area contributed by atoms with Crippen LogP contribution in [0.5, 0.6) is 0 Å². The van der Waals surface area contributed by atoms with E-state index in [-0.39, 0.29) is 55.2 Å². The SMILES string of the molecule is C.CC.CC=O.CCCCCN(CO)c1cc(C(=O)NC(C)c2cccnc2)cc(C(=O)N[C@H](CN[C@@H](C)C(=O)N[C@H](C)c2ccc(N)cc2)Cc2ccccc2)c1.[HH].[HH].[HH].[HH]. The molecule has 4 atom stereocenters. The maximum atomic E-state index is 14.0. The van der Waals surface area contributed by atoms with Crippen molar-refractivity contribution < 1.29 is 30.0 Å². The van der Waals surface area contributed by atoms with Gasteiger partial charge in [-0.3, -0.25) is 19.4 Å². The molecule has 58 heavy (non-hydrogen) atoms. The first-order valence-electron chi connectivity index (χ1n) is 19.8. The zero-order valence-corrected chi connectivity index (χ0v) is 34.6. The Balaban J connectivity index is -0.00000161. The summed E-state index contributed by atoms with van der Waals surface area (Å²) in [6.45, 7) is 13.7. The summed E-state index contributed by atoms with van der Waals surface area (Å²) in [7, 11) is 0. The monoisotopic (exact) mass is 806 g/mol. The molecule has 0 bridgehead atoms. The van der Waals surface area contributed by atoms with Gasteiger partial charge in [0, 0.05) is 59.7 Å². The Hall–Kier alpha value is -5.59. The number of aldehydes is 1. The van der Waals surface area contributed by atoms with Crippen molar-refractivity contribution in [3.8, 4) is 0 Å². The molecule has 7 N–H and O–H groups in total. The highest BCUT2D eigenvalue weighted by molar-refractivity contribution is 6.01. The smallest absolute Gasteiger partial charge is 0.251 e. The summed E-state index contributed by atoms with van der Waals surface area (Å²) in [4.78, 5) is 55.5. The molecule has 3 aromatic carbocycles. The number of carbonyl (C=O) groups excluding carboxylic acids is 4. The lowest BCUT2D eigenvalue weighted by atomic mass is 10.0. The molecule has 0 aliphatic carbocycles. The van der Waals surface area contributed by atoms with Crippen molar-refractivity contribution in [3.63, 3.8) is 0 Å². The summed E-state index contributed by atoms with van der Waals surface area (Å²) in [6, 6.07) is 24.4. The summed E-state index contributed by atoms with van der Waals surface area (Å²) in [5, 5.41) is 22.8. The highest BCUT2D eigenvalue weighted by Crippen LogP contribution is 2.22. The van der Waals surface area contributed by atoms with E-state index < -0.39 is 12.1 Å². The minimum Gasteiger partial charge on any atom is -0.399 e. The number of anilines is 2. The van der Waals surface area contributed by atoms with Gasteiger partial charge in [0.15, 0.2) is 0 Å². The second kappa shape index (κ2) is 27.9. The highest BCUT2D eigenvalue weighted by atomic mass is 16.3. The van der Waals surface area contributed by atoms with Crippen LogP contribution in [0.4, 0.5) is 11.4 Å². The van der Waals surface area contributed by atoms with Gasteiger partial charge in [0.2, 0.25) is 5.91 Å². The third-order valence-electron chi connectivity index (χ3n) is 9.06. The highest BCUT2D eigenvalue weighted by Gasteiger charge is 2.22. The lowest BCUT2D eigenvalue weighted by Crippen LogP contribution is -2.49. The molecule has 0 saturated heterocycles. The molecule has 1 aromatic heterocycles. The minimum absolute atomic E-state index is 0. The number of nitrogens with one attached hydrogen (secondary N) is 4. The van der Waals surface area contributed by atoms with Crippen LogP contribution < -0.4 is 31.9 Å². The fraction of sp³-hybridized carbons (Fsp3) is 0.413. The maximum absolute atomic E-state index is 14.0. The lowest BCUT2D eigenvalue weighted by molar-refractivity contribution is -0.123. The van der Waals surface area contributed by atoms with Crippen molar-refractivity contribution in [2.45, 2.75) is 106 Å². The Morgan fingerprint density at radius 1 is 0.845 bits per heavy atom. The van der Waals surface area contributed by atoms with Crippen LogP contribution in [0, 0.1) is 0 Å². The molecule has 0 radical (unpaired) electrons. The number of carbonyl (C=O) groups is 4. The molecule has 3 amide bonds. The standard InChI is InChI=1S/C41H53N7O4.C2H4O.C2H6.CH4.4H2/c1-5-6-10-20-48(27-49)38-23-34(40(51)46-29(3)33-14-11-19-43-25-33)22-35(24-38)41(52)47-37(21-31-12-8-7-9-13-31)26-44-30(4)39(50)45-28(2)32-15-17-36(42)18-16-32;1-2-3;1-2;;;;;/h7-9,11-19,22-25,28-30,37,44,49H,5-6,10,20-21,26-27,42H2,1-4H3,(H,45,50)(H,46,51)(H,47,52);2H,1H3;1-2H3;1H4;4*1H/t28-,29?,30+,37+;;;;;;;/m1......./s1. The molecule has 4 rings (SSSR count). The molecule has 12 nitrogen and oxygen atoms in total. The van der Waals surface area contributed by atoms with Crippen LogP contribution in [-0.4, -0.2) is 66.0 Å². The number of unbranched alkanes of at least 4 members (excludes halogenated alkanes) is 2. The number of aliphatic hydroxyl groups is 1. The summed E-state index contributed by atoms with van der Waals surface area (Å²) < 4.78 is 0.